The van der Waals surface area contributed by atoms with Crippen LogP contribution < -0.4 is 5.84 Å². The lowest BCUT2D eigenvalue weighted by molar-refractivity contribution is -0.906. The molecule has 18 unspecified atom stereocenters. The van der Waals surface area contributed by atoms with Crippen LogP contribution in [0, 0.1) is 0 Å². The number of esters is 1. The van der Waals surface area contributed by atoms with Gasteiger partial charge in [0.05, 0.1) is 27.6 Å². The van der Waals surface area contributed by atoms with Crippen LogP contribution in [0.15, 0.2) is 0 Å². The maximum Gasteiger partial charge on any atom is 0.308 e. The molecule has 2 fully saturated rings. The molecule has 0 bridgehead atoms. The molecule has 2 rings (SSSR count). The Hall–Kier alpha value is 2.43. The quantitative estimate of drug-likeness (QED) is 0.0999. The van der Waals surface area contributed by atoms with E-state index < -0.39 is 49.1 Å². The molecule has 0 aromatic heterocycles. The average molecular weight is 701 g/mol. The fourth-order valence-electron chi connectivity index (χ4n) is 3.93. The molecule has 2 aliphatic heterocycles. The maximum absolute atomic E-state index is 11.4. The van der Waals surface area contributed by atoms with E-state index in [9.17, 15) is 4.79 Å². The molecule has 0 aromatic carbocycles. The molecule has 2 N–H and O–H groups in total. The van der Waals surface area contributed by atoms with Crippen molar-refractivity contribution in [3.8, 4) is 0 Å². The summed E-state index contributed by atoms with van der Waals surface area (Å²) in [4.78, 5) is 11.4. The zero-order valence-corrected chi connectivity index (χ0v) is 30.5. The summed E-state index contributed by atoms with van der Waals surface area (Å²) in [6, 6.07) is 0. The van der Waals surface area contributed by atoms with E-state index in [4.69, 9.17) is 51.5 Å². The van der Waals surface area contributed by atoms with Crippen molar-refractivity contribution in [1.29, 1.82) is 0 Å². The molecule has 0 radical (unpaired) electrons. The van der Waals surface area contributed by atoms with Gasteiger partial charge < -0.3 is 50.4 Å². The first kappa shape index (κ1) is 38.5. The average Bonchev–Trinajstić information content (AvgIpc) is 2.90. The van der Waals surface area contributed by atoms with E-state index in [-0.39, 0.29) is 29.3 Å². The highest BCUT2D eigenvalue weighted by Gasteiger charge is 2.50. The third kappa shape index (κ3) is 11.2. The van der Waals surface area contributed by atoms with Gasteiger partial charge in [-0.2, -0.15) is 5.84 Å². The van der Waals surface area contributed by atoms with Gasteiger partial charge in [0, 0.05) is 75.7 Å². The van der Waals surface area contributed by atoms with E-state index in [0.717, 1.165) is 0 Å². The van der Waals surface area contributed by atoms with E-state index >= 15 is 0 Å². The first-order valence-electron chi connectivity index (χ1n) is 10.8. The Morgan fingerprint density at radius 3 is 1.34 bits per heavy atom. The van der Waals surface area contributed by atoms with Crippen molar-refractivity contribution < 1.29 is 59.8 Å². The van der Waals surface area contributed by atoms with E-state index in [1.807, 2.05) is 14.1 Å². The number of carbonyl (C=O) groups excluding carboxylic acids is 1. The molecule has 14 nitrogen and oxygen atoms in total. The highest BCUT2D eigenvalue weighted by molar-refractivity contribution is 7.11. The van der Waals surface area contributed by atoms with Gasteiger partial charge >= 0.3 is 5.97 Å². The van der Waals surface area contributed by atoms with Gasteiger partial charge in [-0.3, -0.25) is 9.39 Å². The summed E-state index contributed by atoms with van der Waals surface area (Å²) in [6.07, 6.45) is -4.82. The number of nitrogens with zero attached hydrogens (tertiary/aromatic N) is 1. The molecule has 0 spiro atoms. The summed E-state index contributed by atoms with van der Waals surface area (Å²) in [7, 11) is 22.4. The minimum absolute atomic E-state index is 0.0220. The smallest absolute Gasteiger partial charge is 0.308 e. The van der Waals surface area contributed by atoms with Gasteiger partial charge in [-0.05, 0) is 0 Å². The van der Waals surface area contributed by atoms with Crippen LogP contribution in [0.2, 0.25) is 0 Å². The van der Waals surface area contributed by atoms with Crippen molar-refractivity contribution in [3.63, 3.8) is 0 Å². The minimum Gasteiger partial charge on any atom is -0.469 e. The molecule has 0 saturated carbocycles. The van der Waals surface area contributed by atoms with Gasteiger partial charge in [0.25, 0.3) is 0 Å². The Morgan fingerprint density at radius 2 is 1.03 bits per heavy atom. The fourth-order valence-corrected chi connectivity index (χ4v) is 6.21. The first-order valence-corrected chi connectivity index (χ1v) is 14.6. The molecule has 2 heterocycles. The number of hydrogen-bond donors (Lipinski definition) is 1. The van der Waals surface area contributed by atoms with Crippen molar-refractivity contribution in [2.24, 2.45) is 5.84 Å². The van der Waals surface area contributed by atoms with E-state index in [1.54, 1.807) is 0 Å². The van der Waals surface area contributed by atoms with Gasteiger partial charge in [-0.15, -0.1) is 0 Å². The summed E-state index contributed by atoms with van der Waals surface area (Å²) < 4.78 is 58.6. The van der Waals surface area contributed by atoms with Crippen molar-refractivity contribution in [2.45, 2.75) is 67.8 Å². The van der Waals surface area contributed by atoms with Gasteiger partial charge in [0.1, 0.15) is 55.4 Å². The van der Waals surface area contributed by atoms with Gasteiger partial charge in [-0.25, -0.2) is 0 Å². The Balaban J connectivity index is 0.000000380. The molecule has 22 heteroatoms. The van der Waals surface area contributed by atoms with Crippen LogP contribution in [0.3, 0.4) is 0 Å². The van der Waals surface area contributed by atoms with Gasteiger partial charge in [0.2, 0.25) is 0 Å². The molecule has 226 valence electrons. The molecule has 38 heavy (non-hydrogen) atoms. The van der Waals surface area contributed by atoms with Crippen LogP contribution in [0.25, 0.3) is 0 Å². The Kier molecular flexibility index (Phi) is 19.9. The molecule has 0 amide bonds. The molecule has 18 atom stereocenters. The van der Waals surface area contributed by atoms with E-state index in [0.29, 0.717) is 6.54 Å². The van der Waals surface area contributed by atoms with E-state index in [2.05, 4.69) is 80.5 Å². The monoisotopic (exact) mass is 701 g/mol. The standard InChI is InChI=1S/C8H23N2O5P4.C8H18O7P4/c1-10(2,9)3-4-5(12-16)6(13-17)7(14-18)8(11-4)15-19;1-10-4(9)2-3-5(12-16)6(13-17)7(14-18)8(11-3)15-19/h4-8H,3,9,16-19H2,1-2H3;3,5-8H,2,16-19H2,1H3/q+1;. The lowest BCUT2D eigenvalue weighted by atomic mass is 9.97. The van der Waals surface area contributed by atoms with E-state index in [1.165, 1.54) is 7.11 Å². The van der Waals surface area contributed by atoms with Crippen LogP contribution in [0.4, 0.5) is 0 Å². The molecular formula is C16H41N2O12P8+. The third-order valence-electron chi connectivity index (χ3n) is 5.64. The van der Waals surface area contributed by atoms with Crippen LogP contribution in [0.5, 0.6) is 0 Å². The second-order valence-corrected chi connectivity index (χ2v) is 10.9. The minimum atomic E-state index is -0.709. The second-order valence-electron chi connectivity index (χ2n) is 8.70. The number of rotatable bonds is 12. The van der Waals surface area contributed by atoms with Gasteiger partial charge in [0.15, 0.2) is 12.6 Å². The van der Waals surface area contributed by atoms with Crippen LogP contribution in [0.1, 0.15) is 6.42 Å². The fraction of sp³-hybridized carbons (Fsp3) is 0.938. The SMILES string of the molecule is COC(=O)CC1OC(OP)C(OP)C(OP)C1OP.C[N+](C)(N)CC1OC(OP)C(OP)C(OP)C1OP. The van der Waals surface area contributed by atoms with Crippen molar-refractivity contribution in [2.75, 3.05) is 27.7 Å². The summed E-state index contributed by atoms with van der Waals surface area (Å²) in [6.45, 7) is 0.539. The molecule has 2 aliphatic rings. The number of nitrogens with two attached hydrogens (primary N) is 1. The Morgan fingerprint density at radius 1 is 0.658 bits per heavy atom. The van der Waals surface area contributed by atoms with Crippen molar-refractivity contribution in [1.82, 2.24) is 0 Å². The number of likely N-dealkylation sites (N-methyl/N-ethyl adjacent to an activating group) is 1. The lowest BCUT2D eigenvalue weighted by Crippen LogP contribution is -2.63. The lowest BCUT2D eigenvalue weighted by Gasteiger charge is -2.44. The highest BCUT2D eigenvalue weighted by atomic mass is 31.0. The second kappa shape index (κ2) is 19.7. The first-order chi connectivity index (χ1) is 18.0. The van der Waals surface area contributed by atoms with Crippen LogP contribution >= 0.6 is 75.7 Å². The summed E-state index contributed by atoms with van der Waals surface area (Å²) in [5.41, 5.74) is 0. The summed E-state index contributed by atoms with van der Waals surface area (Å²) in [5, 5.41) is 0. The third-order valence-corrected chi connectivity index (χ3v) is 8.06. The summed E-state index contributed by atoms with van der Waals surface area (Å²) in [5.74, 6) is 5.58. The van der Waals surface area contributed by atoms with Crippen molar-refractivity contribution in [3.05, 3.63) is 0 Å². The molecule has 2 saturated heterocycles. The van der Waals surface area contributed by atoms with Crippen LogP contribution in [-0.4, -0.2) is 99.7 Å². The topological polar surface area (TPSA) is 145 Å². The maximum atomic E-state index is 11.4. The number of methoxy groups -OCH3 is 1. The number of quaternary nitrogens is 1. The molecular weight excluding hydrogens is 660 g/mol. The predicted molar refractivity (Wildman–Crippen MR) is 164 cm³/mol. The zero-order chi connectivity index (χ0) is 29.0. The number of carbonyl (C=O) groups is 1. The van der Waals surface area contributed by atoms with Crippen LogP contribution in [-0.2, 0) is 55.2 Å². The Labute approximate surface area is 242 Å². The number of hydrogen-bond acceptors (Lipinski definition) is 13. The van der Waals surface area contributed by atoms with Crippen molar-refractivity contribution >= 4 is 81.7 Å². The zero-order valence-electron chi connectivity index (χ0n) is 21.2. The molecule has 0 aliphatic carbocycles. The largest absolute Gasteiger partial charge is 0.469 e. The van der Waals surface area contributed by atoms with Gasteiger partial charge in [-0.1, -0.05) is 0 Å². The number of ether oxygens (including phenoxy) is 3. The normalized spacial score (nSPS) is 35.8. The predicted octanol–water partition coefficient (Wildman–Crippen LogP) is 0.601. The summed E-state index contributed by atoms with van der Waals surface area (Å²) >= 11 is 0. The Bertz CT molecular complexity index is 689. The highest BCUT2D eigenvalue weighted by Crippen LogP contribution is 2.35. The molecule has 0 aromatic rings.